The number of benzene rings is 1. The highest BCUT2D eigenvalue weighted by Gasteiger charge is 2.16. The van der Waals surface area contributed by atoms with Crippen molar-refractivity contribution in [2.75, 3.05) is 20.3 Å². The number of methoxy groups -OCH3 is 1. The van der Waals surface area contributed by atoms with Gasteiger partial charge in [0.15, 0.2) is 5.11 Å². The van der Waals surface area contributed by atoms with Crippen molar-refractivity contribution in [2.45, 2.75) is 38.1 Å². The quantitative estimate of drug-likeness (QED) is 0.551. The molecule has 0 atom stereocenters. The zero-order valence-corrected chi connectivity index (χ0v) is 16.2. The van der Waals surface area contributed by atoms with Gasteiger partial charge in [0.25, 0.3) is 5.91 Å². The molecule has 0 aliphatic heterocycles. The van der Waals surface area contributed by atoms with E-state index in [9.17, 15) is 4.79 Å². The van der Waals surface area contributed by atoms with Crippen LogP contribution in [0, 0.1) is 0 Å². The van der Waals surface area contributed by atoms with E-state index in [2.05, 4.69) is 26.6 Å². The van der Waals surface area contributed by atoms with Crippen LogP contribution in [0.1, 0.15) is 42.5 Å². The molecular formula is C17H23BrN2O3S. The van der Waals surface area contributed by atoms with Crippen LogP contribution < -0.4 is 15.4 Å². The average Bonchev–Trinajstić information content (AvgIpc) is 2.57. The summed E-state index contributed by atoms with van der Waals surface area (Å²) in [5.41, 5.74) is 0.522. The van der Waals surface area contributed by atoms with Crippen LogP contribution in [0.25, 0.3) is 0 Å². The first-order chi connectivity index (χ1) is 11.6. The molecule has 7 heteroatoms. The number of thiocarbonyl (C=S) groups is 1. The minimum absolute atomic E-state index is 0.229. The van der Waals surface area contributed by atoms with Gasteiger partial charge in [-0.25, -0.2) is 0 Å². The number of carbonyl (C=O) groups is 1. The largest absolute Gasteiger partial charge is 0.490 e. The van der Waals surface area contributed by atoms with Crippen molar-refractivity contribution in [3.63, 3.8) is 0 Å². The zero-order valence-electron chi connectivity index (χ0n) is 13.8. The molecule has 24 heavy (non-hydrogen) atoms. The highest BCUT2D eigenvalue weighted by molar-refractivity contribution is 9.10. The standard InChI is InChI=1S/C17H23BrN2O3S/c1-22-9-10-23-15-8-7-12(11-14(15)18)16(21)20-17(24)19-13-5-3-2-4-6-13/h7-8,11,13H,2-6,9-10H2,1H3,(H2,19,20,21,24). The number of hydrogen-bond acceptors (Lipinski definition) is 4. The van der Waals surface area contributed by atoms with Crippen molar-refractivity contribution < 1.29 is 14.3 Å². The van der Waals surface area contributed by atoms with E-state index in [1.165, 1.54) is 19.3 Å². The number of nitrogens with one attached hydrogen (secondary N) is 2. The molecule has 1 saturated carbocycles. The SMILES string of the molecule is COCCOc1ccc(C(=O)NC(=S)NC2CCCCC2)cc1Br. The van der Waals surface area contributed by atoms with Gasteiger partial charge in [0, 0.05) is 18.7 Å². The second-order valence-electron chi connectivity index (χ2n) is 5.75. The second kappa shape index (κ2) is 9.96. The molecule has 0 saturated heterocycles. The van der Waals surface area contributed by atoms with E-state index in [0.717, 1.165) is 17.3 Å². The van der Waals surface area contributed by atoms with Crippen LogP contribution in [0.5, 0.6) is 5.75 Å². The smallest absolute Gasteiger partial charge is 0.257 e. The molecule has 0 aromatic heterocycles. The monoisotopic (exact) mass is 414 g/mol. The summed E-state index contributed by atoms with van der Waals surface area (Å²) in [7, 11) is 1.62. The maximum atomic E-state index is 12.3. The summed E-state index contributed by atoms with van der Waals surface area (Å²) < 4.78 is 11.2. The Morgan fingerprint density at radius 2 is 2.04 bits per heavy atom. The third-order valence-electron chi connectivity index (χ3n) is 3.91. The first kappa shape index (κ1) is 19.1. The lowest BCUT2D eigenvalue weighted by Gasteiger charge is -2.24. The van der Waals surface area contributed by atoms with Gasteiger partial charge in [0.2, 0.25) is 0 Å². The molecule has 2 N–H and O–H groups in total. The molecule has 1 amide bonds. The molecule has 132 valence electrons. The molecule has 0 unspecified atom stereocenters. The van der Waals surface area contributed by atoms with Gasteiger partial charge in [0.05, 0.1) is 11.1 Å². The Balaban J connectivity index is 1.87. The number of carbonyl (C=O) groups excluding carboxylic acids is 1. The molecule has 1 aromatic rings. The Hall–Kier alpha value is -1.18. The van der Waals surface area contributed by atoms with Crippen molar-refractivity contribution >= 4 is 39.2 Å². The van der Waals surface area contributed by atoms with E-state index in [1.807, 2.05) is 0 Å². The van der Waals surface area contributed by atoms with Crippen molar-refractivity contribution in [1.29, 1.82) is 0 Å². The predicted molar refractivity (Wildman–Crippen MR) is 102 cm³/mol. The maximum Gasteiger partial charge on any atom is 0.257 e. The van der Waals surface area contributed by atoms with E-state index in [1.54, 1.807) is 25.3 Å². The molecule has 0 bridgehead atoms. The minimum atomic E-state index is -0.229. The van der Waals surface area contributed by atoms with Gasteiger partial charge in [0.1, 0.15) is 12.4 Å². The van der Waals surface area contributed by atoms with Crippen molar-refractivity contribution in [2.24, 2.45) is 0 Å². The second-order valence-corrected chi connectivity index (χ2v) is 7.01. The normalized spacial score (nSPS) is 14.9. The third-order valence-corrected chi connectivity index (χ3v) is 4.75. The molecule has 1 aliphatic rings. The number of rotatable bonds is 6. The van der Waals surface area contributed by atoms with Gasteiger partial charge in [-0.2, -0.15) is 0 Å². The highest BCUT2D eigenvalue weighted by atomic mass is 79.9. The number of ether oxygens (including phenoxy) is 2. The summed E-state index contributed by atoms with van der Waals surface area (Å²) in [6, 6.07) is 5.56. The number of hydrogen-bond donors (Lipinski definition) is 2. The first-order valence-electron chi connectivity index (χ1n) is 8.13. The van der Waals surface area contributed by atoms with Gasteiger partial charge in [-0.3, -0.25) is 10.1 Å². The summed E-state index contributed by atoms with van der Waals surface area (Å²) in [5.74, 6) is 0.443. The van der Waals surface area contributed by atoms with E-state index in [0.29, 0.717) is 35.7 Å². The van der Waals surface area contributed by atoms with E-state index in [4.69, 9.17) is 21.7 Å². The Labute approximate surface area is 156 Å². The summed E-state index contributed by atoms with van der Waals surface area (Å²) >= 11 is 8.67. The lowest BCUT2D eigenvalue weighted by Crippen LogP contribution is -2.45. The Morgan fingerprint density at radius 1 is 1.29 bits per heavy atom. The lowest BCUT2D eigenvalue weighted by atomic mass is 9.96. The predicted octanol–water partition coefficient (Wildman–Crippen LogP) is 3.41. The van der Waals surface area contributed by atoms with Crippen molar-refractivity contribution in [3.05, 3.63) is 28.2 Å². The van der Waals surface area contributed by atoms with Gasteiger partial charge < -0.3 is 14.8 Å². The molecule has 2 rings (SSSR count). The fourth-order valence-corrected chi connectivity index (χ4v) is 3.39. The molecule has 0 heterocycles. The molecular weight excluding hydrogens is 392 g/mol. The van der Waals surface area contributed by atoms with Crippen LogP contribution in [-0.4, -0.2) is 37.4 Å². The molecule has 5 nitrogen and oxygen atoms in total. The first-order valence-corrected chi connectivity index (χ1v) is 9.33. The fraction of sp³-hybridized carbons (Fsp3) is 0.529. The maximum absolute atomic E-state index is 12.3. The summed E-state index contributed by atoms with van der Waals surface area (Å²) in [4.78, 5) is 12.3. The van der Waals surface area contributed by atoms with Crippen LogP contribution in [-0.2, 0) is 4.74 Å². The minimum Gasteiger partial charge on any atom is -0.490 e. The molecule has 1 aliphatic carbocycles. The third kappa shape index (κ3) is 6.03. The van der Waals surface area contributed by atoms with Gasteiger partial charge in [-0.05, 0) is 59.2 Å². The lowest BCUT2D eigenvalue weighted by molar-refractivity contribution is 0.0976. The Bertz CT molecular complexity index is 577. The van der Waals surface area contributed by atoms with Crippen LogP contribution in [0.2, 0.25) is 0 Å². The number of amides is 1. The van der Waals surface area contributed by atoms with E-state index < -0.39 is 0 Å². The van der Waals surface area contributed by atoms with E-state index >= 15 is 0 Å². The molecule has 1 fully saturated rings. The molecule has 1 aromatic carbocycles. The van der Waals surface area contributed by atoms with Crippen LogP contribution in [0.3, 0.4) is 0 Å². The van der Waals surface area contributed by atoms with E-state index in [-0.39, 0.29) is 5.91 Å². The van der Waals surface area contributed by atoms with Crippen molar-refractivity contribution in [1.82, 2.24) is 10.6 Å². The Morgan fingerprint density at radius 3 is 2.71 bits per heavy atom. The summed E-state index contributed by atoms with van der Waals surface area (Å²) in [6.07, 6.45) is 5.92. The Kier molecular flexibility index (Phi) is 7.94. The van der Waals surface area contributed by atoms with Crippen LogP contribution in [0.4, 0.5) is 0 Å². The number of halogens is 1. The topological polar surface area (TPSA) is 59.6 Å². The molecule has 0 spiro atoms. The fourth-order valence-electron chi connectivity index (χ4n) is 2.64. The van der Waals surface area contributed by atoms with Crippen LogP contribution in [0.15, 0.2) is 22.7 Å². The average molecular weight is 415 g/mol. The zero-order chi connectivity index (χ0) is 17.4. The highest BCUT2D eigenvalue weighted by Crippen LogP contribution is 2.26. The van der Waals surface area contributed by atoms with Crippen LogP contribution >= 0.6 is 28.1 Å². The van der Waals surface area contributed by atoms with Gasteiger partial charge >= 0.3 is 0 Å². The van der Waals surface area contributed by atoms with Crippen molar-refractivity contribution in [3.8, 4) is 5.75 Å². The summed E-state index contributed by atoms with van der Waals surface area (Å²) in [5, 5.41) is 6.36. The van der Waals surface area contributed by atoms with Gasteiger partial charge in [-0.1, -0.05) is 19.3 Å². The molecule has 0 radical (unpaired) electrons. The van der Waals surface area contributed by atoms with Gasteiger partial charge in [-0.15, -0.1) is 0 Å². The summed E-state index contributed by atoms with van der Waals surface area (Å²) in [6.45, 7) is 0.964.